The number of nitrogen functional groups attached to an aromatic ring is 1. The molecular formula is C15H20BrN3O2. The van der Waals surface area contributed by atoms with Crippen molar-refractivity contribution in [1.82, 2.24) is 4.90 Å². The summed E-state index contributed by atoms with van der Waals surface area (Å²) >= 11 is 3.35. The van der Waals surface area contributed by atoms with Crippen LogP contribution in [-0.4, -0.2) is 29.8 Å². The van der Waals surface area contributed by atoms with Gasteiger partial charge < -0.3 is 16.0 Å². The lowest BCUT2D eigenvalue weighted by molar-refractivity contribution is -0.131. The number of likely N-dealkylation sites (tertiary alicyclic amines) is 1. The highest BCUT2D eigenvalue weighted by molar-refractivity contribution is 9.10. The summed E-state index contributed by atoms with van der Waals surface area (Å²) in [5.74, 6) is 0.653. The molecule has 114 valence electrons. The summed E-state index contributed by atoms with van der Waals surface area (Å²) in [4.78, 5) is 25.6. The molecule has 2 amide bonds. The molecule has 3 N–H and O–H groups in total. The Morgan fingerprint density at radius 3 is 2.81 bits per heavy atom. The number of carbonyl (C=O) groups is 2. The van der Waals surface area contributed by atoms with E-state index in [4.69, 9.17) is 5.73 Å². The molecule has 1 atom stereocenters. The quantitative estimate of drug-likeness (QED) is 0.816. The molecule has 1 aromatic carbocycles. The number of hydrogen-bond acceptors (Lipinski definition) is 3. The number of amides is 2. The van der Waals surface area contributed by atoms with Gasteiger partial charge in [-0.1, -0.05) is 13.8 Å². The van der Waals surface area contributed by atoms with E-state index in [1.54, 1.807) is 23.1 Å². The number of benzene rings is 1. The van der Waals surface area contributed by atoms with Crippen molar-refractivity contribution in [3.05, 3.63) is 22.7 Å². The van der Waals surface area contributed by atoms with E-state index in [0.717, 1.165) is 4.47 Å². The highest BCUT2D eigenvalue weighted by Gasteiger charge is 2.32. The second kappa shape index (κ2) is 6.47. The van der Waals surface area contributed by atoms with Crippen LogP contribution in [-0.2, 0) is 9.59 Å². The first-order chi connectivity index (χ1) is 9.86. The minimum atomic E-state index is -0.196. The third-order valence-electron chi connectivity index (χ3n) is 3.79. The summed E-state index contributed by atoms with van der Waals surface area (Å²) in [6.45, 7) is 4.96. The molecule has 1 unspecified atom stereocenters. The van der Waals surface area contributed by atoms with E-state index in [-0.39, 0.29) is 18.4 Å². The van der Waals surface area contributed by atoms with Crippen molar-refractivity contribution in [3.63, 3.8) is 0 Å². The van der Waals surface area contributed by atoms with Crippen LogP contribution in [0, 0.1) is 11.8 Å². The van der Waals surface area contributed by atoms with Gasteiger partial charge in [-0.05, 0) is 46.0 Å². The summed E-state index contributed by atoms with van der Waals surface area (Å²) < 4.78 is 0.726. The van der Waals surface area contributed by atoms with E-state index in [1.807, 2.05) is 0 Å². The van der Waals surface area contributed by atoms with Crippen molar-refractivity contribution < 1.29 is 9.59 Å². The van der Waals surface area contributed by atoms with Crippen LogP contribution in [0.4, 0.5) is 11.4 Å². The van der Waals surface area contributed by atoms with Gasteiger partial charge in [0, 0.05) is 23.1 Å². The van der Waals surface area contributed by atoms with E-state index in [2.05, 4.69) is 35.1 Å². The zero-order valence-corrected chi connectivity index (χ0v) is 13.8. The number of nitrogens with one attached hydrogen (secondary N) is 1. The Morgan fingerprint density at radius 1 is 1.52 bits per heavy atom. The maximum absolute atomic E-state index is 12.1. The van der Waals surface area contributed by atoms with Crippen molar-refractivity contribution in [1.29, 1.82) is 0 Å². The van der Waals surface area contributed by atoms with Gasteiger partial charge >= 0.3 is 0 Å². The summed E-state index contributed by atoms with van der Waals surface area (Å²) in [5, 5.41) is 2.79. The molecule has 21 heavy (non-hydrogen) atoms. The Hall–Kier alpha value is -1.56. The molecule has 6 heteroatoms. The zero-order chi connectivity index (χ0) is 15.6. The molecule has 0 aliphatic carbocycles. The van der Waals surface area contributed by atoms with Crippen molar-refractivity contribution in [2.24, 2.45) is 11.8 Å². The van der Waals surface area contributed by atoms with Gasteiger partial charge in [0.15, 0.2) is 0 Å². The Labute approximate surface area is 133 Å². The molecule has 5 nitrogen and oxygen atoms in total. The fraction of sp³-hybridized carbons (Fsp3) is 0.467. The lowest BCUT2D eigenvalue weighted by Gasteiger charge is -2.18. The van der Waals surface area contributed by atoms with Gasteiger partial charge in [-0.3, -0.25) is 9.59 Å². The lowest BCUT2D eigenvalue weighted by Crippen LogP contribution is -2.34. The molecule has 1 heterocycles. The van der Waals surface area contributed by atoms with Crippen molar-refractivity contribution in [2.45, 2.75) is 20.3 Å². The number of hydrogen-bond donors (Lipinski definition) is 2. The SMILES string of the molecule is CC(C)C1CC(=O)N(CC(=O)Nc2ccc(N)cc2Br)C1. The molecular weight excluding hydrogens is 334 g/mol. The van der Waals surface area contributed by atoms with E-state index in [9.17, 15) is 9.59 Å². The number of halogens is 1. The van der Waals surface area contributed by atoms with Gasteiger partial charge in [0.1, 0.15) is 0 Å². The van der Waals surface area contributed by atoms with Gasteiger partial charge in [0.25, 0.3) is 0 Å². The number of rotatable bonds is 4. The van der Waals surface area contributed by atoms with Crippen molar-refractivity contribution in [2.75, 3.05) is 24.1 Å². The second-order valence-corrected chi connectivity index (χ2v) is 6.62. The Balaban J connectivity index is 1.94. The Kier molecular flexibility index (Phi) is 4.88. The van der Waals surface area contributed by atoms with Gasteiger partial charge in [-0.15, -0.1) is 0 Å². The monoisotopic (exact) mass is 353 g/mol. The predicted octanol–water partition coefficient (Wildman–Crippen LogP) is 2.47. The van der Waals surface area contributed by atoms with Crippen molar-refractivity contribution in [3.8, 4) is 0 Å². The minimum absolute atomic E-state index is 0.0558. The van der Waals surface area contributed by atoms with Crippen LogP contribution in [0.15, 0.2) is 22.7 Å². The summed E-state index contributed by atoms with van der Waals surface area (Å²) in [6, 6.07) is 5.18. The third kappa shape index (κ3) is 3.97. The third-order valence-corrected chi connectivity index (χ3v) is 4.45. The smallest absolute Gasteiger partial charge is 0.244 e. The lowest BCUT2D eigenvalue weighted by atomic mass is 9.95. The molecule has 1 aromatic rings. The van der Waals surface area contributed by atoms with Gasteiger partial charge in [-0.25, -0.2) is 0 Å². The van der Waals surface area contributed by atoms with Crippen LogP contribution in [0.25, 0.3) is 0 Å². The van der Waals surface area contributed by atoms with E-state index in [1.165, 1.54) is 0 Å². The molecule has 2 rings (SSSR count). The minimum Gasteiger partial charge on any atom is -0.399 e. The van der Waals surface area contributed by atoms with Crippen LogP contribution in [0.3, 0.4) is 0 Å². The van der Waals surface area contributed by atoms with Crippen LogP contribution in [0.1, 0.15) is 20.3 Å². The first-order valence-electron chi connectivity index (χ1n) is 6.99. The molecule has 1 saturated heterocycles. The topological polar surface area (TPSA) is 75.4 Å². The fourth-order valence-corrected chi connectivity index (χ4v) is 2.89. The number of carbonyl (C=O) groups excluding carboxylic acids is 2. The predicted molar refractivity (Wildman–Crippen MR) is 86.7 cm³/mol. The molecule has 0 aromatic heterocycles. The van der Waals surface area contributed by atoms with Crippen LogP contribution >= 0.6 is 15.9 Å². The standard InChI is InChI=1S/C15H20BrN3O2/c1-9(2)10-5-15(21)19(7-10)8-14(20)18-13-4-3-11(17)6-12(13)16/h3-4,6,9-10H,5,7-8,17H2,1-2H3,(H,18,20). The maximum Gasteiger partial charge on any atom is 0.244 e. The average Bonchev–Trinajstić information content (AvgIpc) is 2.75. The number of anilines is 2. The van der Waals surface area contributed by atoms with Gasteiger partial charge in [0.05, 0.1) is 12.2 Å². The van der Waals surface area contributed by atoms with Crippen molar-refractivity contribution >= 4 is 39.1 Å². The van der Waals surface area contributed by atoms with Crippen LogP contribution < -0.4 is 11.1 Å². The largest absolute Gasteiger partial charge is 0.399 e. The highest BCUT2D eigenvalue weighted by Crippen LogP contribution is 2.26. The second-order valence-electron chi connectivity index (χ2n) is 5.77. The zero-order valence-electron chi connectivity index (χ0n) is 12.2. The molecule has 1 aliphatic heterocycles. The summed E-state index contributed by atoms with van der Waals surface area (Å²) in [7, 11) is 0. The normalized spacial score (nSPS) is 18.4. The molecule has 1 aliphatic rings. The maximum atomic E-state index is 12.1. The van der Waals surface area contributed by atoms with Crippen LogP contribution in [0.2, 0.25) is 0 Å². The number of nitrogens with zero attached hydrogens (tertiary/aromatic N) is 1. The van der Waals surface area contributed by atoms with Gasteiger partial charge in [-0.2, -0.15) is 0 Å². The molecule has 0 saturated carbocycles. The summed E-state index contributed by atoms with van der Waals surface area (Å²) in [5.41, 5.74) is 6.93. The molecule has 0 spiro atoms. The Morgan fingerprint density at radius 2 is 2.24 bits per heavy atom. The van der Waals surface area contributed by atoms with E-state index < -0.39 is 0 Å². The molecule has 1 fully saturated rings. The van der Waals surface area contributed by atoms with Crippen LogP contribution in [0.5, 0.6) is 0 Å². The van der Waals surface area contributed by atoms with Gasteiger partial charge in [0.2, 0.25) is 11.8 Å². The molecule has 0 radical (unpaired) electrons. The average molecular weight is 354 g/mol. The first kappa shape index (κ1) is 15.8. The highest BCUT2D eigenvalue weighted by atomic mass is 79.9. The summed E-state index contributed by atoms with van der Waals surface area (Å²) in [6.07, 6.45) is 0.538. The first-order valence-corrected chi connectivity index (χ1v) is 7.78. The van der Waals surface area contributed by atoms with E-state index in [0.29, 0.717) is 36.2 Å². The number of nitrogens with two attached hydrogens (primary N) is 1. The molecule has 0 bridgehead atoms. The fourth-order valence-electron chi connectivity index (χ4n) is 2.40. The Bertz CT molecular complexity index is 560. The van der Waals surface area contributed by atoms with E-state index >= 15 is 0 Å².